The van der Waals surface area contributed by atoms with Gasteiger partial charge in [-0.3, -0.25) is 4.79 Å². The molecule has 1 atom stereocenters. The molecule has 0 aliphatic rings. The van der Waals surface area contributed by atoms with Crippen molar-refractivity contribution < 1.29 is 15.0 Å². The molecule has 2 rings (SSSR count). The fourth-order valence-corrected chi connectivity index (χ4v) is 2.44. The van der Waals surface area contributed by atoms with Gasteiger partial charge in [0.05, 0.1) is 5.25 Å². The molecule has 98 valence electrons. The summed E-state index contributed by atoms with van der Waals surface area (Å²) < 4.78 is 0. The highest BCUT2D eigenvalue weighted by atomic mass is 32.2. The number of rotatable bonds is 4. The van der Waals surface area contributed by atoms with Gasteiger partial charge in [-0.15, -0.1) is 0 Å². The Hall–Kier alpha value is -2.01. The van der Waals surface area contributed by atoms with Crippen molar-refractivity contribution >= 4 is 17.5 Å². The third kappa shape index (κ3) is 3.26. The SMILES string of the molecule is CC(Sc1ncccc1O)C(=O)c1ccc(O)cc1. The first-order valence-corrected chi connectivity index (χ1v) is 6.60. The summed E-state index contributed by atoms with van der Waals surface area (Å²) in [4.78, 5) is 16.2. The Labute approximate surface area is 115 Å². The number of carbonyl (C=O) groups is 1. The van der Waals surface area contributed by atoms with Gasteiger partial charge in [-0.05, 0) is 43.3 Å². The van der Waals surface area contributed by atoms with Crippen molar-refractivity contribution in [2.75, 3.05) is 0 Å². The predicted molar refractivity (Wildman–Crippen MR) is 73.7 cm³/mol. The number of thioether (sulfide) groups is 1. The van der Waals surface area contributed by atoms with E-state index in [-0.39, 0.29) is 22.5 Å². The number of aromatic hydroxyl groups is 2. The van der Waals surface area contributed by atoms with Crippen LogP contribution in [0.3, 0.4) is 0 Å². The number of carbonyl (C=O) groups excluding carboxylic acids is 1. The molecule has 2 N–H and O–H groups in total. The lowest BCUT2D eigenvalue weighted by Crippen LogP contribution is -2.13. The zero-order valence-corrected chi connectivity index (χ0v) is 11.1. The van der Waals surface area contributed by atoms with Crippen LogP contribution in [0.4, 0.5) is 0 Å². The van der Waals surface area contributed by atoms with Crippen molar-refractivity contribution in [3.8, 4) is 11.5 Å². The summed E-state index contributed by atoms with van der Waals surface area (Å²) in [5.41, 5.74) is 0.522. The molecule has 0 fully saturated rings. The molecular weight excluding hydrogens is 262 g/mol. The minimum absolute atomic E-state index is 0.0675. The van der Waals surface area contributed by atoms with Crippen molar-refractivity contribution in [1.29, 1.82) is 0 Å². The van der Waals surface area contributed by atoms with Gasteiger partial charge in [0.1, 0.15) is 16.5 Å². The van der Waals surface area contributed by atoms with E-state index in [0.717, 1.165) is 0 Å². The number of hydrogen-bond donors (Lipinski definition) is 2. The van der Waals surface area contributed by atoms with Crippen LogP contribution in [0.15, 0.2) is 47.6 Å². The predicted octanol–water partition coefficient (Wildman–Crippen LogP) is 2.86. The zero-order chi connectivity index (χ0) is 13.8. The van der Waals surface area contributed by atoms with Gasteiger partial charge in [0.15, 0.2) is 5.78 Å². The minimum Gasteiger partial charge on any atom is -0.508 e. The smallest absolute Gasteiger partial charge is 0.175 e. The number of aromatic nitrogens is 1. The van der Waals surface area contributed by atoms with Crippen LogP contribution in [0, 0.1) is 0 Å². The van der Waals surface area contributed by atoms with Crippen LogP contribution in [0.1, 0.15) is 17.3 Å². The fourth-order valence-electron chi connectivity index (χ4n) is 1.55. The summed E-state index contributed by atoms with van der Waals surface area (Å²) in [5.74, 6) is 0.118. The number of phenols is 1. The molecule has 4 nitrogen and oxygen atoms in total. The molecule has 0 bridgehead atoms. The van der Waals surface area contributed by atoms with Crippen LogP contribution < -0.4 is 0 Å². The molecule has 0 aliphatic carbocycles. The number of hydrogen-bond acceptors (Lipinski definition) is 5. The first-order valence-electron chi connectivity index (χ1n) is 5.72. The molecule has 0 radical (unpaired) electrons. The standard InChI is InChI=1S/C14H13NO3S/c1-9(19-14-12(17)3-2-8-15-14)13(18)10-4-6-11(16)7-5-10/h2-9,16-17H,1H3. The van der Waals surface area contributed by atoms with Crippen LogP contribution >= 0.6 is 11.8 Å². The largest absolute Gasteiger partial charge is 0.508 e. The molecule has 1 heterocycles. The van der Waals surface area contributed by atoms with E-state index < -0.39 is 0 Å². The van der Waals surface area contributed by atoms with Crippen molar-refractivity contribution in [2.45, 2.75) is 17.2 Å². The normalized spacial score (nSPS) is 12.1. The molecule has 0 aliphatic heterocycles. The Kier molecular flexibility index (Phi) is 4.06. The van der Waals surface area contributed by atoms with E-state index in [1.54, 1.807) is 31.3 Å². The Morgan fingerprint density at radius 2 is 1.89 bits per heavy atom. The first-order chi connectivity index (χ1) is 9.08. The highest BCUT2D eigenvalue weighted by Crippen LogP contribution is 2.30. The van der Waals surface area contributed by atoms with Gasteiger partial charge in [-0.2, -0.15) is 0 Å². The number of Topliss-reactive ketones (excluding diaryl/α,β-unsaturated/α-hetero) is 1. The second-order valence-corrected chi connectivity index (χ2v) is 5.33. The van der Waals surface area contributed by atoms with E-state index >= 15 is 0 Å². The number of benzene rings is 1. The van der Waals surface area contributed by atoms with Crippen LogP contribution in [0.5, 0.6) is 11.5 Å². The third-order valence-electron chi connectivity index (χ3n) is 2.56. The van der Waals surface area contributed by atoms with E-state index in [2.05, 4.69) is 4.98 Å². The highest BCUT2D eigenvalue weighted by Gasteiger charge is 2.18. The maximum atomic E-state index is 12.2. The monoisotopic (exact) mass is 275 g/mol. The molecule has 0 saturated heterocycles. The van der Waals surface area contributed by atoms with Gasteiger partial charge in [-0.25, -0.2) is 4.98 Å². The fraction of sp³-hybridized carbons (Fsp3) is 0.143. The first kappa shape index (κ1) is 13.4. The molecule has 0 saturated carbocycles. The molecule has 1 aromatic heterocycles. The lowest BCUT2D eigenvalue weighted by molar-refractivity contribution is 0.0994. The second-order valence-electron chi connectivity index (χ2n) is 4.00. The summed E-state index contributed by atoms with van der Waals surface area (Å²) in [7, 11) is 0. The Balaban J connectivity index is 2.12. The van der Waals surface area contributed by atoms with E-state index in [9.17, 15) is 15.0 Å². The number of ketones is 1. The highest BCUT2D eigenvalue weighted by molar-refractivity contribution is 8.00. The Morgan fingerprint density at radius 3 is 2.53 bits per heavy atom. The van der Waals surface area contributed by atoms with Gasteiger partial charge in [0, 0.05) is 11.8 Å². The Bertz CT molecular complexity index is 583. The maximum Gasteiger partial charge on any atom is 0.175 e. The summed E-state index contributed by atoms with van der Waals surface area (Å²) in [6.07, 6.45) is 1.57. The van der Waals surface area contributed by atoms with Gasteiger partial charge in [0.2, 0.25) is 0 Å². The van der Waals surface area contributed by atoms with E-state index in [1.165, 1.54) is 30.0 Å². The topological polar surface area (TPSA) is 70.4 Å². The number of phenolic OH excluding ortho intramolecular Hbond substituents is 1. The van der Waals surface area contributed by atoms with E-state index in [4.69, 9.17) is 0 Å². The summed E-state index contributed by atoms with van der Waals surface area (Å²) in [6.45, 7) is 1.76. The average Bonchev–Trinajstić information content (AvgIpc) is 2.41. The average molecular weight is 275 g/mol. The van der Waals surface area contributed by atoms with E-state index in [1.807, 2.05) is 0 Å². The lowest BCUT2D eigenvalue weighted by atomic mass is 10.1. The minimum atomic E-state index is -0.370. The molecule has 5 heteroatoms. The van der Waals surface area contributed by atoms with Gasteiger partial charge < -0.3 is 10.2 Å². The number of pyridine rings is 1. The molecule has 19 heavy (non-hydrogen) atoms. The van der Waals surface area contributed by atoms with Crippen LogP contribution in [-0.4, -0.2) is 26.2 Å². The molecular formula is C14H13NO3S. The van der Waals surface area contributed by atoms with Crippen LogP contribution in [-0.2, 0) is 0 Å². The summed E-state index contributed by atoms with van der Waals surface area (Å²) in [6, 6.07) is 9.27. The molecule has 1 aromatic carbocycles. The molecule has 2 aromatic rings. The number of nitrogens with zero attached hydrogens (tertiary/aromatic N) is 1. The van der Waals surface area contributed by atoms with Crippen molar-refractivity contribution in [3.63, 3.8) is 0 Å². The van der Waals surface area contributed by atoms with Crippen molar-refractivity contribution in [3.05, 3.63) is 48.2 Å². The van der Waals surface area contributed by atoms with Gasteiger partial charge in [-0.1, -0.05) is 11.8 Å². The molecule has 1 unspecified atom stereocenters. The lowest BCUT2D eigenvalue weighted by Gasteiger charge is -2.10. The summed E-state index contributed by atoms with van der Waals surface area (Å²) >= 11 is 1.20. The van der Waals surface area contributed by atoms with Crippen molar-refractivity contribution in [1.82, 2.24) is 4.98 Å². The van der Waals surface area contributed by atoms with E-state index in [0.29, 0.717) is 10.6 Å². The Morgan fingerprint density at radius 1 is 1.21 bits per heavy atom. The van der Waals surface area contributed by atoms with Crippen LogP contribution in [0.2, 0.25) is 0 Å². The quantitative estimate of drug-likeness (QED) is 0.663. The van der Waals surface area contributed by atoms with Gasteiger partial charge >= 0.3 is 0 Å². The van der Waals surface area contributed by atoms with Crippen molar-refractivity contribution in [2.24, 2.45) is 0 Å². The van der Waals surface area contributed by atoms with Crippen LogP contribution in [0.25, 0.3) is 0 Å². The second kappa shape index (κ2) is 5.75. The zero-order valence-electron chi connectivity index (χ0n) is 10.3. The molecule has 0 spiro atoms. The maximum absolute atomic E-state index is 12.2. The molecule has 0 amide bonds. The third-order valence-corrected chi connectivity index (χ3v) is 3.67. The summed E-state index contributed by atoms with van der Waals surface area (Å²) in [5, 5.41) is 18.9. The van der Waals surface area contributed by atoms with Gasteiger partial charge in [0.25, 0.3) is 0 Å².